The molecular formula is CH3N2O-. The van der Waals surface area contributed by atoms with Crippen molar-refractivity contribution in [3.05, 3.63) is 5.41 Å². The molecule has 0 bridgehead atoms. The first-order valence-electron chi connectivity index (χ1n) is 0.428. The third-order valence-electron chi connectivity index (χ3n) is 0. The van der Waals surface area contributed by atoms with E-state index in [-0.39, 0.29) is 6.15 Å². The van der Waals surface area contributed by atoms with Crippen LogP contribution in [0.15, 0.2) is 0 Å². The standard InChI is InChI=1S/CNO.H3N/c2-1-3;/h;1H3/q-1;. The van der Waals surface area contributed by atoms with E-state index in [4.69, 9.17) is 10.2 Å². The van der Waals surface area contributed by atoms with Gasteiger partial charge in [0.05, 0.1) is 0 Å². The van der Waals surface area contributed by atoms with Gasteiger partial charge in [-0.25, -0.2) is 0 Å². The van der Waals surface area contributed by atoms with Crippen LogP contribution in [0.4, 0.5) is 0 Å². The van der Waals surface area contributed by atoms with Gasteiger partial charge in [-0.3, -0.25) is 4.79 Å². The molecule has 0 aromatic heterocycles. The molecule has 0 rings (SSSR count). The summed E-state index contributed by atoms with van der Waals surface area (Å²) in [7, 11) is 0. The van der Waals surface area contributed by atoms with Gasteiger partial charge in [-0.15, -0.1) is 0 Å². The van der Waals surface area contributed by atoms with Crippen molar-refractivity contribution in [2.24, 2.45) is 0 Å². The van der Waals surface area contributed by atoms with E-state index in [1.165, 1.54) is 0 Å². The van der Waals surface area contributed by atoms with Crippen molar-refractivity contribution < 1.29 is 4.79 Å². The van der Waals surface area contributed by atoms with Gasteiger partial charge in [-0.2, -0.15) is 0 Å². The van der Waals surface area contributed by atoms with Crippen molar-refractivity contribution in [1.29, 1.82) is 0 Å². The molecule has 0 saturated heterocycles. The highest BCUT2D eigenvalue weighted by Crippen LogP contribution is 0.949. The van der Waals surface area contributed by atoms with Crippen LogP contribution in [0.2, 0.25) is 0 Å². The van der Waals surface area contributed by atoms with E-state index >= 15 is 0 Å². The van der Waals surface area contributed by atoms with Gasteiger partial charge in [0.1, 0.15) is 0 Å². The third-order valence-corrected chi connectivity index (χ3v) is 0. The van der Waals surface area contributed by atoms with Crippen molar-refractivity contribution in [2.45, 2.75) is 0 Å². The summed E-state index contributed by atoms with van der Waals surface area (Å²) in [6.45, 7) is 0. The maximum absolute atomic E-state index is 8.24. The maximum Gasteiger partial charge on any atom is -0.0159 e. The van der Waals surface area contributed by atoms with Gasteiger partial charge < -0.3 is 11.6 Å². The zero-order chi connectivity index (χ0) is 2.71. The van der Waals surface area contributed by atoms with E-state index in [2.05, 4.69) is 0 Å². The molecule has 0 aliphatic rings. The van der Waals surface area contributed by atoms with Crippen LogP contribution in [-0.4, -0.2) is 6.08 Å². The summed E-state index contributed by atoms with van der Waals surface area (Å²) in [6.07, 6.45) is 0.500. The molecule has 24 valence electrons. The van der Waals surface area contributed by atoms with Gasteiger partial charge in [-0.1, -0.05) is 0 Å². The normalized spacial score (nSPS) is 2.00. The van der Waals surface area contributed by atoms with Crippen LogP contribution < -0.4 is 6.15 Å². The highest BCUT2D eigenvalue weighted by Gasteiger charge is 0.791. The predicted octanol–water partition coefficient (Wildman–Crippen LogP) is 0.0536. The van der Waals surface area contributed by atoms with Crippen LogP contribution in [-0.2, 0) is 4.79 Å². The fraction of sp³-hybridized carbons (Fsp3) is 0. The summed E-state index contributed by atoms with van der Waals surface area (Å²) in [4.78, 5) is 8.24. The van der Waals surface area contributed by atoms with Gasteiger partial charge in [0.2, 0.25) is 0 Å². The fourth-order valence-electron chi connectivity index (χ4n) is 0. The number of carbonyl (C=O) groups excluding carboxylic acids is 1. The summed E-state index contributed by atoms with van der Waals surface area (Å²) in [5.41, 5.74) is 0. The molecule has 0 fully saturated rings. The molecule has 0 atom stereocenters. The lowest BCUT2D eigenvalue weighted by molar-refractivity contribution is 0.569. The van der Waals surface area contributed by atoms with Crippen molar-refractivity contribution in [3.8, 4) is 0 Å². The average Bonchev–Trinajstić information content (AvgIpc) is 0.918. The van der Waals surface area contributed by atoms with Crippen LogP contribution in [0.25, 0.3) is 5.41 Å². The number of rotatable bonds is 0. The minimum absolute atomic E-state index is 0. The van der Waals surface area contributed by atoms with Crippen LogP contribution in [0.3, 0.4) is 0 Å². The molecule has 0 spiro atoms. The predicted molar refractivity (Wildman–Crippen MR) is 14.1 cm³/mol. The van der Waals surface area contributed by atoms with Crippen molar-refractivity contribution >= 4 is 6.08 Å². The molecule has 0 aliphatic heterocycles. The Morgan fingerprint density at radius 1 is 1.75 bits per heavy atom. The van der Waals surface area contributed by atoms with E-state index in [9.17, 15) is 0 Å². The number of hydrogen-bond acceptors (Lipinski definition) is 2. The van der Waals surface area contributed by atoms with Crippen molar-refractivity contribution in [2.75, 3.05) is 0 Å². The van der Waals surface area contributed by atoms with Crippen LogP contribution in [0, 0.1) is 0 Å². The van der Waals surface area contributed by atoms with Crippen molar-refractivity contribution in [1.82, 2.24) is 6.15 Å². The minimum atomic E-state index is 0. The lowest BCUT2D eigenvalue weighted by atomic mass is 11.7. The van der Waals surface area contributed by atoms with Gasteiger partial charge in [0.25, 0.3) is 0 Å². The first-order valence-corrected chi connectivity index (χ1v) is 0.428. The second-order valence-corrected chi connectivity index (χ2v) is 0.0913. The Morgan fingerprint density at radius 2 is 1.75 bits per heavy atom. The highest BCUT2D eigenvalue weighted by molar-refractivity contribution is 5.36. The second-order valence-electron chi connectivity index (χ2n) is 0.0913. The molecular weight excluding hydrogens is 56.0 g/mol. The molecule has 0 amide bonds. The molecule has 0 saturated carbocycles. The first-order chi connectivity index (χ1) is 1.41. The first kappa shape index (κ1) is 10.2. The van der Waals surface area contributed by atoms with Gasteiger partial charge >= 0.3 is 0 Å². The monoisotopic (exact) mass is 59.0 g/mol. The fourth-order valence-corrected chi connectivity index (χ4v) is 0. The Morgan fingerprint density at radius 3 is 1.75 bits per heavy atom. The smallest absolute Gasteiger partial charge is 0.0159 e. The zero-order valence-electron chi connectivity index (χ0n) is 2.06. The Kier molecular flexibility index (Phi) is 92.5. The molecule has 0 aromatic carbocycles. The Labute approximate surface area is 23.7 Å². The minimum Gasteiger partial charge on any atom is -0.724 e. The molecule has 3 nitrogen and oxygen atoms in total. The highest BCUT2D eigenvalue weighted by atomic mass is 16.1. The summed E-state index contributed by atoms with van der Waals surface area (Å²) in [6, 6.07) is 0. The number of nitrogens with zero attached hydrogens (tertiary/aromatic N) is 1. The van der Waals surface area contributed by atoms with E-state index in [1.54, 1.807) is 0 Å². The average molecular weight is 59.0 g/mol. The summed E-state index contributed by atoms with van der Waals surface area (Å²) >= 11 is 0. The topological polar surface area (TPSA) is 74.4 Å². The number of isocyanates is 1. The molecule has 0 heterocycles. The van der Waals surface area contributed by atoms with E-state index < -0.39 is 0 Å². The quantitative estimate of drug-likeness (QED) is 0.316. The zero-order valence-corrected chi connectivity index (χ0v) is 2.06. The molecule has 0 radical (unpaired) electrons. The molecule has 0 aromatic rings. The molecule has 0 unspecified atom stereocenters. The third kappa shape index (κ3) is 0.356. The Balaban J connectivity index is 0. The van der Waals surface area contributed by atoms with Crippen molar-refractivity contribution in [3.63, 3.8) is 0 Å². The maximum atomic E-state index is 8.24. The largest absolute Gasteiger partial charge is 0.724 e. The second kappa shape index (κ2) is 36.3. The van der Waals surface area contributed by atoms with Gasteiger partial charge in [-0.05, 0) is 6.08 Å². The van der Waals surface area contributed by atoms with E-state index in [0.717, 1.165) is 0 Å². The summed E-state index contributed by atoms with van der Waals surface area (Å²) in [5.74, 6) is 0. The van der Waals surface area contributed by atoms with Crippen LogP contribution in [0.5, 0.6) is 0 Å². The summed E-state index contributed by atoms with van der Waals surface area (Å²) < 4.78 is 0. The summed E-state index contributed by atoms with van der Waals surface area (Å²) in [5, 5.41) is 6.76. The molecule has 3 heteroatoms. The molecule has 0 aliphatic carbocycles. The van der Waals surface area contributed by atoms with Crippen LogP contribution >= 0.6 is 0 Å². The van der Waals surface area contributed by atoms with Gasteiger partial charge in [0, 0.05) is 0 Å². The molecule has 3 N–H and O–H groups in total. The SMILES string of the molecule is N.[N-]=C=O. The Hall–Kier alpha value is -0.660. The Bertz CT molecular complexity index is 27.0. The number of hydrogen-bond donors (Lipinski definition) is 1. The van der Waals surface area contributed by atoms with E-state index in [1.807, 2.05) is 0 Å². The van der Waals surface area contributed by atoms with Crippen LogP contribution in [0.1, 0.15) is 0 Å². The molecule has 4 heavy (non-hydrogen) atoms. The van der Waals surface area contributed by atoms with Gasteiger partial charge in [0.15, 0.2) is 0 Å². The lowest BCUT2D eigenvalue weighted by Crippen LogP contribution is -1.13. The van der Waals surface area contributed by atoms with E-state index in [0.29, 0.717) is 6.08 Å². The lowest BCUT2D eigenvalue weighted by Gasteiger charge is -1.32.